The van der Waals surface area contributed by atoms with Crippen LogP contribution in [-0.4, -0.2) is 55.4 Å². The maximum Gasteiger partial charge on any atom is 0.241 e. The maximum absolute atomic E-state index is 12.2. The summed E-state index contributed by atoms with van der Waals surface area (Å²) < 4.78 is 0. The predicted molar refractivity (Wildman–Crippen MR) is 94.7 cm³/mol. The minimum Gasteiger partial charge on any atom is -0.347 e. The van der Waals surface area contributed by atoms with E-state index in [2.05, 4.69) is 10.3 Å². The molecule has 0 bridgehead atoms. The van der Waals surface area contributed by atoms with Gasteiger partial charge < -0.3 is 15.1 Å². The maximum atomic E-state index is 12.2. The van der Waals surface area contributed by atoms with Gasteiger partial charge in [0, 0.05) is 38.8 Å². The number of amides is 1. The molecule has 0 aliphatic carbocycles. The van der Waals surface area contributed by atoms with Crippen LogP contribution in [0.15, 0.2) is 29.3 Å². The number of likely N-dealkylation sites (tertiary alicyclic amines) is 1. The number of piperidine rings is 1. The Hall–Kier alpha value is -1.75. The molecule has 126 valence electrons. The van der Waals surface area contributed by atoms with Crippen molar-refractivity contribution in [3.8, 4) is 0 Å². The van der Waals surface area contributed by atoms with Crippen molar-refractivity contribution in [1.82, 2.24) is 15.1 Å². The fourth-order valence-electron chi connectivity index (χ4n) is 2.75. The lowest BCUT2D eigenvalue weighted by molar-refractivity contribution is -0.130. The fraction of sp³-hybridized carbons (Fsp3) is 0.529. The largest absolute Gasteiger partial charge is 0.347 e. The van der Waals surface area contributed by atoms with Crippen molar-refractivity contribution >= 4 is 23.5 Å². The van der Waals surface area contributed by atoms with Crippen LogP contribution in [0.4, 0.5) is 0 Å². The second kappa shape index (κ2) is 8.77. The zero-order chi connectivity index (χ0) is 16.7. The van der Waals surface area contributed by atoms with Gasteiger partial charge >= 0.3 is 0 Å². The molecule has 1 N–H and O–H groups in total. The van der Waals surface area contributed by atoms with Gasteiger partial charge in [0.05, 0.1) is 6.54 Å². The van der Waals surface area contributed by atoms with Crippen molar-refractivity contribution < 1.29 is 4.79 Å². The standard InChI is InChI=1S/C17H25ClN4O/c1-19-17(20-12-16(23)22-10-6-3-7-11-22)21(2)13-14-8-4-5-9-15(14)18/h4-5,8-9H,3,6-7,10-13H2,1-2H3,(H,19,20). The smallest absolute Gasteiger partial charge is 0.241 e. The predicted octanol–water partition coefficient (Wildman–Crippen LogP) is 2.36. The summed E-state index contributed by atoms with van der Waals surface area (Å²) in [6.07, 6.45) is 3.43. The molecule has 0 saturated carbocycles. The molecule has 1 heterocycles. The molecule has 1 aliphatic heterocycles. The summed E-state index contributed by atoms with van der Waals surface area (Å²) in [6, 6.07) is 7.74. The van der Waals surface area contributed by atoms with E-state index >= 15 is 0 Å². The van der Waals surface area contributed by atoms with Crippen molar-refractivity contribution in [2.24, 2.45) is 4.99 Å². The number of nitrogens with zero attached hydrogens (tertiary/aromatic N) is 3. The molecule has 1 saturated heterocycles. The second-order valence-electron chi connectivity index (χ2n) is 5.79. The van der Waals surface area contributed by atoms with Crippen LogP contribution in [0, 0.1) is 0 Å². The van der Waals surface area contributed by atoms with Crippen molar-refractivity contribution in [3.05, 3.63) is 34.9 Å². The molecule has 0 radical (unpaired) electrons. The third-order valence-electron chi connectivity index (χ3n) is 4.05. The van der Waals surface area contributed by atoms with Crippen LogP contribution in [0.5, 0.6) is 0 Å². The highest BCUT2D eigenvalue weighted by molar-refractivity contribution is 6.31. The van der Waals surface area contributed by atoms with Crippen LogP contribution < -0.4 is 5.32 Å². The van der Waals surface area contributed by atoms with Crippen LogP contribution in [-0.2, 0) is 11.3 Å². The molecule has 6 heteroatoms. The summed E-state index contributed by atoms with van der Waals surface area (Å²) >= 11 is 6.20. The van der Waals surface area contributed by atoms with Gasteiger partial charge in [0.25, 0.3) is 0 Å². The van der Waals surface area contributed by atoms with Gasteiger partial charge in [-0.15, -0.1) is 0 Å². The number of carbonyl (C=O) groups is 1. The minimum atomic E-state index is 0.136. The molecule has 0 spiro atoms. The summed E-state index contributed by atoms with van der Waals surface area (Å²) in [5.41, 5.74) is 1.03. The first-order chi connectivity index (χ1) is 11.1. The molecule has 1 amide bonds. The molecule has 0 atom stereocenters. The van der Waals surface area contributed by atoms with Gasteiger partial charge in [-0.25, -0.2) is 0 Å². The highest BCUT2D eigenvalue weighted by atomic mass is 35.5. The van der Waals surface area contributed by atoms with Gasteiger partial charge in [0.2, 0.25) is 5.91 Å². The van der Waals surface area contributed by atoms with E-state index in [1.165, 1.54) is 6.42 Å². The summed E-state index contributed by atoms with van der Waals surface area (Å²) in [6.45, 7) is 2.65. The molecule has 0 aromatic heterocycles. The van der Waals surface area contributed by atoms with E-state index in [1.54, 1.807) is 7.05 Å². The molecular weight excluding hydrogens is 312 g/mol. The number of nitrogens with one attached hydrogen (secondary N) is 1. The highest BCUT2D eigenvalue weighted by Gasteiger charge is 2.17. The van der Waals surface area contributed by atoms with Crippen LogP contribution in [0.25, 0.3) is 0 Å². The van der Waals surface area contributed by atoms with Crippen LogP contribution in [0.1, 0.15) is 24.8 Å². The lowest BCUT2D eigenvalue weighted by Crippen LogP contribution is -2.46. The number of carbonyl (C=O) groups excluding carboxylic acids is 1. The number of guanidine groups is 1. The van der Waals surface area contributed by atoms with E-state index in [9.17, 15) is 4.79 Å². The van der Waals surface area contributed by atoms with E-state index in [0.717, 1.165) is 36.5 Å². The van der Waals surface area contributed by atoms with Crippen LogP contribution >= 0.6 is 11.6 Å². The molecule has 2 rings (SSSR count). The Morgan fingerprint density at radius 2 is 2.00 bits per heavy atom. The average Bonchev–Trinajstić information content (AvgIpc) is 2.58. The van der Waals surface area contributed by atoms with Gasteiger partial charge in [-0.05, 0) is 30.9 Å². The second-order valence-corrected chi connectivity index (χ2v) is 6.20. The first-order valence-electron chi connectivity index (χ1n) is 8.05. The topological polar surface area (TPSA) is 47.9 Å². The van der Waals surface area contributed by atoms with E-state index in [1.807, 2.05) is 41.1 Å². The van der Waals surface area contributed by atoms with Crippen LogP contribution in [0.3, 0.4) is 0 Å². The van der Waals surface area contributed by atoms with Gasteiger partial charge in [-0.2, -0.15) is 0 Å². The third kappa shape index (κ3) is 5.13. The Morgan fingerprint density at radius 1 is 1.30 bits per heavy atom. The third-order valence-corrected chi connectivity index (χ3v) is 4.41. The van der Waals surface area contributed by atoms with Crippen molar-refractivity contribution in [2.75, 3.05) is 33.7 Å². The number of aliphatic imine (C=N–C) groups is 1. The molecule has 23 heavy (non-hydrogen) atoms. The number of rotatable bonds is 4. The molecule has 1 aromatic rings. The van der Waals surface area contributed by atoms with Crippen molar-refractivity contribution in [3.63, 3.8) is 0 Å². The number of hydrogen-bond acceptors (Lipinski definition) is 2. The summed E-state index contributed by atoms with van der Waals surface area (Å²) in [4.78, 5) is 20.4. The number of halogens is 1. The molecule has 1 fully saturated rings. The van der Waals surface area contributed by atoms with Gasteiger partial charge in [0.1, 0.15) is 0 Å². The lowest BCUT2D eigenvalue weighted by Gasteiger charge is -2.28. The number of hydrogen-bond donors (Lipinski definition) is 1. The van der Waals surface area contributed by atoms with Crippen LogP contribution in [0.2, 0.25) is 5.02 Å². The summed E-state index contributed by atoms with van der Waals surface area (Å²) in [5.74, 6) is 0.826. The Morgan fingerprint density at radius 3 is 2.65 bits per heavy atom. The van der Waals surface area contributed by atoms with Gasteiger partial charge in [0.15, 0.2) is 5.96 Å². The van der Waals surface area contributed by atoms with E-state index in [0.29, 0.717) is 12.5 Å². The zero-order valence-corrected chi connectivity index (χ0v) is 14.6. The highest BCUT2D eigenvalue weighted by Crippen LogP contribution is 2.16. The normalized spacial score (nSPS) is 15.4. The zero-order valence-electron chi connectivity index (χ0n) is 13.9. The molecule has 0 unspecified atom stereocenters. The average molecular weight is 337 g/mol. The summed E-state index contributed by atoms with van der Waals surface area (Å²) in [5, 5.41) is 3.88. The Labute approximate surface area is 143 Å². The Balaban J connectivity index is 1.87. The molecule has 1 aliphatic rings. The molecule has 1 aromatic carbocycles. The lowest BCUT2D eigenvalue weighted by atomic mass is 10.1. The summed E-state index contributed by atoms with van der Waals surface area (Å²) in [7, 11) is 3.65. The fourth-order valence-corrected chi connectivity index (χ4v) is 2.95. The molecule has 5 nitrogen and oxygen atoms in total. The monoisotopic (exact) mass is 336 g/mol. The van der Waals surface area contributed by atoms with E-state index in [4.69, 9.17) is 11.6 Å². The molecular formula is C17H25ClN4O. The van der Waals surface area contributed by atoms with E-state index < -0.39 is 0 Å². The van der Waals surface area contributed by atoms with Gasteiger partial charge in [-0.1, -0.05) is 29.8 Å². The van der Waals surface area contributed by atoms with E-state index in [-0.39, 0.29) is 12.5 Å². The van der Waals surface area contributed by atoms with Crippen molar-refractivity contribution in [2.45, 2.75) is 25.8 Å². The van der Waals surface area contributed by atoms with Gasteiger partial charge in [-0.3, -0.25) is 9.79 Å². The van der Waals surface area contributed by atoms with Crippen molar-refractivity contribution in [1.29, 1.82) is 0 Å². The first kappa shape index (κ1) is 17.6. The number of benzene rings is 1. The quantitative estimate of drug-likeness (QED) is 0.678. The SMILES string of the molecule is CN=C(NCC(=O)N1CCCCC1)N(C)Cc1ccccc1Cl. The minimum absolute atomic E-state index is 0.136. The Kier molecular flexibility index (Phi) is 6.71. The Bertz CT molecular complexity index is 555. The first-order valence-corrected chi connectivity index (χ1v) is 8.42.